The largest absolute Gasteiger partial charge is 0.616 e. The van der Waals surface area contributed by atoms with E-state index in [1.165, 1.54) is 7.11 Å². The van der Waals surface area contributed by atoms with E-state index in [-0.39, 0.29) is 36.5 Å². The molecule has 1 aliphatic rings. The van der Waals surface area contributed by atoms with Gasteiger partial charge < -0.3 is 14.7 Å². The SMILES string of the molecule is COc1c(CN2C(=O)c3ccccc3C2=O)nc(OCc2ccccc2)c(CC(C)C)[n+]1[O-]. The standard InChI is InChI=1S/C25H25N3O5/c1-16(2)13-21-22(33-15-17-9-5-4-6-10-17)26-20(25(32-3)28(21)31)14-27-23(29)18-11-7-8-12-19(18)24(27)30/h4-12,16H,13-15H2,1-3H3. The van der Waals surface area contributed by atoms with E-state index in [9.17, 15) is 14.8 Å². The Hall–Kier alpha value is -3.94. The molecule has 4 rings (SSSR count). The molecule has 0 bridgehead atoms. The predicted molar refractivity (Wildman–Crippen MR) is 120 cm³/mol. The summed E-state index contributed by atoms with van der Waals surface area (Å²) in [4.78, 5) is 31.3. The summed E-state index contributed by atoms with van der Waals surface area (Å²) in [6.45, 7) is 3.99. The number of hydrogen-bond donors (Lipinski definition) is 0. The minimum absolute atomic E-state index is 0.0609. The van der Waals surface area contributed by atoms with E-state index in [0.717, 1.165) is 10.5 Å². The highest BCUT2D eigenvalue weighted by Gasteiger charge is 2.38. The Labute approximate surface area is 192 Å². The third-order valence-corrected chi connectivity index (χ3v) is 5.36. The molecule has 1 aliphatic heterocycles. The number of carbonyl (C=O) groups is 2. The number of fused-ring (bicyclic) bond motifs is 1. The number of methoxy groups -OCH3 is 1. The first-order chi connectivity index (χ1) is 15.9. The van der Waals surface area contributed by atoms with E-state index in [0.29, 0.717) is 28.0 Å². The lowest BCUT2D eigenvalue weighted by Gasteiger charge is -2.18. The lowest BCUT2D eigenvalue weighted by Crippen LogP contribution is -2.39. The van der Waals surface area contributed by atoms with Gasteiger partial charge in [0.2, 0.25) is 0 Å². The van der Waals surface area contributed by atoms with Crippen molar-refractivity contribution in [3.63, 3.8) is 0 Å². The van der Waals surface area contributed by atoms with Crippen molar-refractivity contribution in [1.29, 1.82) is 0 Å². The molecular formula is C25H25N3O5. The maximum Gasteiger partial charge on any atom is 0.403 e. The number of rotatable bonds is 8. The summed E-state index contributed by atoms with van der Waals surface area (Å²) in [6, 6.07) is 16.1. The zero-order valence-electron chi connectivity index (χ0n) is 18.8. The van der Waals surface area contributed by atoms with Crippen LogP contribution in [0.2, 0.25) is 0 Å². The van der Waals surface area contributed by atoms with Gasteiger partial charge in [-0.1, -0.05) is 56.3 Å². The highest BCUT2D eigenvalue weighted by molar-refractivity contribution is 6.21. The highest BCUT2D eigenvalue weighted by Crippen LogP contribution is 2.28. The minimum atomic E-state index is -0.435. The van der Waals surface area contributed by atoms with Crippen LogP contribution in [0.25, 0.3) is 0 Å². The predicted octanol–water partition coefficient (Wildman–Crippen LogP) is 3.30. The van der Waals surface area contributed by atoms with Gasteiger partial charge in [0.1, 0.15) is 6.61 Å². The molecule has 0 atom stereocenters. The minimum Gasteiger partial charge on any atom is -0.616 e. The Morgan fingerprint density at radius 1 is 1.00 bits per heavy atom. The summed E-state index contributed by atoms with van der Waals surface area (Å²) in [5, 5.41) is 13.2. The second-order valence-corrected chi connectivity index (χ2v) is 8.23. The molecule has 2 amide bonds. The first-order valence-corrected chi connectivity index (χ1v) is 10.7. The molecule has 0 saturated heterocycles. The van der Waals surface area contributed by atoms with Crippen molar-refractivity contribution >= 4 is 11.8 Å². The molecular weight excluding hydrogens is 422 g/mol. The first kappa shape index (κ1) is 22.3. The summed E-state index contributed by atoms with van der Waals surface area (Å²) in [7, 11) is 1.36. The Morgan fingerprint density at radius 2 is 1.61 bits per heavy atom. The normalized spacial score (nSPS) is 12.9. The molecule has 0 unspecified atom stereocenters. The summed E-state index contributed by atoms with van der Waals surface area (Å²) >= 11 is 0. The lowest BCUT2D eigenvalue weighted by molar-refractivity contribution is -0.622. The van der Waals surface area contributed by atoms with E-state index < -0.39 is 11.8 Å². The summed E-state index contributed by atoms with van der Waals surface area (Å²) in [5.74, 6) is -0.605. The number of nitrogens with zero attached hydrogens (tertiary/aromatic N) is 3. The second-order valence-electron chi connectivity index (χ2n) is 8.23. The smallest absolute Gasteiger partial charge is 0.403 e. The van der Waals surface area contributed by atoms with Gasteiger partial charge in [-0.3, -0.25) is 14.5 Å². The van der Waals surface area contributed by atoms with Crippen LogP contribution in [-0.2, 0) is 19.6 Å². The maximum absolute atomic E-state index is 13.2. The quantitative estimate of drug-likeness (QED) is 0.299. The number of aromatic nitrogens is 2. The molecule has 1 aromatic heterocycles. The number of amides is 2. The monoisotopic (exact) mass is 447 g/mol. The average molecular weight is 447 g/mol. The van der Waals surface area contributed by atoms with Gasteiger partial charge in [-0.15, -0.1) is 4.73 Å². The maximum atomic E-state index is 13.2. The number of carbonyl (C=O) groups excluding carboxylic acids is 2. The molecule has 8 nitrogen and oxygen atoms in total. The molecule has 2 aromatic carbocycles. The lowest BCUT2D eigenvalue weighted by atomic mass is 10.1. The van der Waals surface area contributed by atoms with Crippen LogP contribution >= 0.6 is 0 Å². The zero-order valence-corrected chi connectivity index (χ0v) is 18.8. The summed E-state index contributed by atoms with van der Waals surface area (Å²) in [5.41, 5.74) is 2.06. The van der Waals surface area contributed by atoms with Gasteiger partial charge in [0.15, 0.2) is 5.69 Å². The molecule has 3 aromatic rings. The van der Waals surface area contributed by atoms with Crippen molar-refractivity contribution in [2.24, 2.45) is 5.92 Å². The van der Waals surface area contributed by atoms with Crippen LogP contribution in [0.1, 0.15) is 51.5 Å². The highest BCUT2D eigenvalue weighted by atomic mass is 16.5. The molecule has 33 heavy (non-hydrogen) atoms. The van der Waals surface area contributed by atoms with Gasteiger partial charge >= 0.3 is 5.88 Å². The second kappa shape index (κ2) is 9.28. The third-order valence-electron chi connectivity index (χ3n) is 5.36. The van der Waals surface area contributed by atoms with E-state index in [4.69, 9.17) is 9.47 Å². The van der Waals surface area contributed by atoms with Crippen molar-refractivity contribution in [3.8, 4) is 11.8 Å². The number of imide groups is 1. The van der Waals surface area contributed by atoms with Crippen LogP contribution in [0.3, 0.4) is 0 Å². The molecule has 0 N–H and O–H groups in total. The van der Waals surface area contributed by atoms with E-state index >= 15 is 0 Å². The molecule has 0 saturated carbocycles. The van der Waals surface area contributed by atoms with Gasteiger partial charge in [0.05, 0.1) is 24.8 Å². The van der Waals surface area contributed by atoms with Gasteiger partial charge in [0, 0.05) is 6.42 Å². The summed E-state index contributed by atoms with van der Waals surface area (Å²) < 4.78 is 12.0. The number of ether oxygens (including phenoxy) is 2. The van der Waals surface area contributed by atoms with E-state index in [1.54, 1.807) is 24.3 Å². The molecule has 2 heterocycles. The Balaban J connectivity index is 1.71. The Kier molecular flexibility index (Phi) is 6.26. The topological polar surface area (TPSA) is 95.7 Å². The third kappa shape index (κ3) is 4.37. The number of hydrogen-bond acceptors (Lipinski definition) is 6. The average Bonchev–Trinajstić information content (AvgIpc) is 3.05. The van der Waals surface area contributed by atoms with Crippen LogP contribution in [-0.4, -0.2) is 28.8 Å². The fourth-order valence-corrected chi connectivity index (χ4v) is 3.80. The van der Waals surface area contributed by atoms with Gasteiger partial charge in [-0.25, -0.2) is 4.98 Å². The van der Waals surface area contributed by atoms with Gasteiger partial charge in [-0.05, 0) is 23.6 Å². The van der Waals surface area contributed by atoms with Crippen molar-refractivity contribution in [2.75, 3.05) is 7.11 Å². The fourth-order valence-electron chi connectivity index (χ4n) is 3.80. The fraction of sp³-hybridized carbons (Fsp3) is 0.280. The Bertz CT molecular complexity index is 1160. The first-order valence-electron chi connectivity index (χ1n) is 10.7. The molecule has 0 spiro atoms. The van der Waals surface area contributed by atoms with Gasteiger partial charge in [0.25, 0.3) is 23.4 Å². The van der Waals surface area contributed by atoms with Crippen LogP contribution in [0.5, 0.6) is 11.8 Å². The molecule has 8 heteroatoms. The van der Waals surface area contributed by atoms with Crippen LogP contribution in [0.15, 0.2) is 54.6 Å². The Morgan fingerprint density at radius 3 is 2.18 bits per heavy atom. The number of benzene rings is 2. The molecule has 0 aliphatic carbocycles. The van der Waals surface area contributed by atoms with E-state index in [1.807, 2.05) is 44.2 Å². The van der Waals surface area contributed by atoms with Crippen molar-refractivity contribution in [3.05, 3.63) is 87.9 Å². The molecule has 170 valence electrons. The van der Waals surface area contributed by atoms with Crippen LogP contribution in [0.4, 0.5) is 0 Å². The van der Waals surface area contributed by atoms with Crippen molar-refractivity contribution in [2.45, 2.75) is 33.4 Å². The van der Waals surface area contributed by atoms with Crippen LogP contribution in [0, 0.1) is 11.1 Å². The van der Waals surface area contributed by atoms with Crippen molar-refractivity contribution in [1.82, 2.24) is 9.88 Å². The summed E-state index contributed by atoms with van der Waals surface area (Å²) in [6.07, 6.45) is 0.421. The zero-order chi connectivity index (χ0) is 23.5. The van der Waals surface area contributed by atoms with Gasteiger partial charge in [-0.2, -0.15) is 0 Å². The molecule has 0 fully saturated rings. The molecule has 0 radical (unpaired) electrons. The van der Waals surface area contributed by atoms with Crippen LogP contribution < -0.4 is 14.2 Å². The van der Waals surface area contributed by atoms with Crippen molar-refractivity contribution < 1.29 is 23.8 Å². The van der Waals surface area contributed by atoms with E-state index in [2.05, 4.69) is 4.98 Å².